The van der Waals surface area contributed by atoms with Crippen molar-refractivity contribution >= 4 is 10.9 Å². The Balaban J connectivity index is 2.24. The van der Waals surface area contributed by atoms with Crippen LogP contribution in [0.4, 0.5) is 0 Å². The van der Waals surface area contributed by atoms with Gasteiger partial charge in [-0.15, -0.1) is 0 Å². The minimum atomic E-state index is -0.114. The maximum atomic E-state index is 12.4. The standard InChI is InChI=1S/C23H28N2O2/c1-7-17(8-2)18-12-20(26)25-21-19(18)11-16(6)24-23(21)27-22-14(4)9-13(3)10-15(22)5/h9-12,17H,7-8H2,1-6H3,(H,25,26). The molecule has 0 aliphatic heterocycles. The normalized spacial score (nSPS) is 11.4. The Hall–Kier alpha value is -2.62. The first-order valence-corrected chi connectivity index (χ1v) is 9.64. The second-order valence-corrected chi connectivity index (χ2v) is 7.42. The van der Waals surface area contributed by atoms with Gasteiger partial charge in [0.25, 0.3) is 0 Å². The van der Waals surface area contributed by atoms with Gasteiger partial charge in [0.15, 0.2) is 0 Å². The lowest BCUT2D eigenvalue weighted by molar-refractivity contribution is 0.459. The van der Waals surface area contributed by atoms with Crippen LogP contribution in [0.1, 0.15) is 60.6 Å². The summed E-state index contributed by atoms with van der Waals surface area (Å²) < 4.78 is 6.26. The third-order valence-corrected chi connectivity index (χ3v) is 5.19. The number of nitrogens with zero attached hydrogens (tertiary/aromatic N) is 1. The Morgan fingerprint density at radius 1 is 1.00 bits per heavy atom. The SMILES string of the molecule is CCC(CC)c1cc(=O)[nH]c2c(Oc3c(C)cc(C)cc3C)nc(C)cc12. The largest absolute Gasteiger partial charge is 0.436 e. The maximum absolute atomic E-state index is 12.4. The molecule has 0 bridgehead atoms. The summed E-state index contributed by atoms with van der Waals surface area (Å²) in [6, 6.07) is 7.96. The average Bonchev–Trinajstić information content (AvgIpc) is 2.59. The number of nitrogens with one attached hydrogen (secondary N) is 1. The molecule has 1 N–H and O–H groups in total. The fraction of sp³-hybridized carbons (Fsp3) is 0.391. The molecule has 0 fully saturated rings. The van der Waals surface area contributed by atoms with E-state index in [1.165, 1.54) is 5.56 Å². The second-order valence-electron chi connectivity index (χ2n) is 7.42. The van der Waals surface area contributed by atoms with Crippen molar-refractivity contribution in [1.82, 2.24) is 9.97 Å². The topological polar surface area (TPSA) is 55.0 Å². The van der Waals surface area contributed by atoms with E-state index in [0.29, 0.717) is 17.3 Å². The van der Waals surface area contributed by atoms with Gasteiger partial charge in [-0.05, 0) is 69.2 Å². The van der Waals surface area contributed by atoms with Crippen molar-refractivity contribution in [2.75, 3.05) is 0 Å². The predicted octanol–water partition coefficient (Wildman–Crippen LogP) is 5.85. The van der Waals surface area contributed by atoms with Crippen molar-refractivity contribution in [2.45, 2.75) is 60.3 Å². The Bertz CT molecular complexity index is 1020. The van der Waals surface area contributed by atoms with Crippen molar-refractivity contribution < 1.29 is 4.74 Å². The lowest BCUT2D eigenvalue weighted by atomic mass is 9.91. The van der Waals surface area contributed by atoms with Crippen LogP contribution in [0, 0.1) is 27.7 Å². The molecule has 0 saturated carbocycles. The highest BCUT2D eigenvalue weighted by molar-refractivity contribution is 5.87. The van der Waals surface area contributed by atoms with Crippen LogP contribution >= 0.6 is 0 Å². The van der Waals surface area contributed by atoms with E-state index < -0.39 is 0 Å². The summed E-state index contributed by atoms with van der Waals surface area (Å²) in [6.07, 6.45) is 1.98. The van der Waals surface area contributed by atoms with Gasteiger partial charge >= 0.3 is 0 Å². The van der Waals surface area contributed by atoms with Gasteiger partial charge < -0.3 is 9.72 Å². The van der Waals surface area contributed by atoms with Crippen LogP contribution in [0.3, 0.4) is 0 Å². The molecule has 0 unspecified atom stereocenters. The Morgan fingerprint density at radius 3 is 2.22 bits per heavy atom. The third kappa shape index (κ3) is 3.75. The van der Waals surface area contributed by atoms with Crippen LogP contribution in [0.5, 0.6) is 11.6 Å². The lowest BCUT2D eigenvalue weighted by Gasteiger charge is -2.18. The van der Waals surface area contributed by atoms with Crippen molar-refractivity contribution in [3.05, 3.63) is 62.6 Å². The van der Waals surface area contributed by atoms with E-state index in [-0.39, 0.29) is 5.56 Å². The average molecular weight is 364 g/mol. The smallest absolute Gasteiger partial charge is 0.248 e. The molecule has 0 saturated heterocycles. The van der Waals surface area contributed by atoms with Crippen LogP contribution in [0.2, 0.25) is 0 Å². The highest BCUT2D eigenvalue weighted by Gasteiger charge is 2.18. The molecule has 0 atom stereocenters. The summed E-state index contributed by atoms with van der Waals surface area (Å²) >= 11 is 0. The number of pyridine rings is 2. The number of aromatic nitrogens is 2. The summed E-state index contributed by atoms with van der Waals surface area (Å²) in [5.41, 5.74) is 5.82. The summed E-state index contributed by atoms with van der Waals surface area (Å²) in [5, 5.41) is 1.02. The van der Waals surface area contributed by atoms with E-state index in [1.54, 1.807) is 6.07 Å². The molecular weight excluding hydrogens is 336 g/mol. The van der Waals surface area contributed by atoms with E-state index >= 15 is 0 Å². The zero-order valence-electron chi connectivity index (χ0n) is 17.1. The second kappa shape index (κ2) is 7.55. The minimum Gasteiger partial charge on any atom is -0.436 e. The summed E-state index contributed by atoms with van der Waals surface area (Å²) in [6.45, 7) is 12.4. The lowest BCUT2D eigenvalue weighted by Crippen LogP contribution is -2.11. The first-order valence-electron chi connectivity index (χ1n) is 9.64. The van der Waals surface area contributed by atoms with E-state index in [0.717, 1.165) is 46.4 Å². The monoisotopic (exact) mass is 364 g/mol. The van der Waals surface area contributed by atoms with Gasteiger partial charge in [-0.25, -0.2) is 4.98 Å². The number of ether oxygens (including phenoxy) is 1. The fourth-order valence-electron chi connectivity index (χ4n) is 3.94. The molecule has 4 heteroatoms. The quantitative estimate of drug-likeness (QED) is 0.617. The zero-order chi connectivity index (χ0) is 19.7. The van der Waals surface area contributed by atoms with E-state index in [4.69, 9.17) is 4.74 Å². The van der Waals surface area contributed by atoms with Crippen LogP contribution in [-0.4, -0.2) is 9.97 Å². The van der Waals surface area contributed by atoms with Crippen molar-refractivity contribution in [3.8, 4) is 11.6 Å². The molecule has 0 aliphatic carbocycles. The molecule has 27 heavy (non-hydrogen) atoms. The molecule has 0 aliphatic rings. The van der Waals surface area contributed by atoms with Crippen molar-refractivity contribution in [2.24, 2.45) is 0 Å². The minimum absolute atomic E-state index is 0.114. The Kier molecular flexibility index (Phi) is 5.36. The molecule has 2 heterocycles. The Morgan fingerprint density at radius 2 is 1.63 bits per heavy atom. The molecule has 2 aromatic heterocycles. The first-order chi connectivity index (χ1) is 12.8. The molecule has 3 aromatic rings. The Labute approximate surface area is 160 Å². The molecular formula is C23H28N2O2. The highest BCUT2D eigenvalue weighted by atomic mass is 16.5. The van der Waals surface area contributed by atoms with Crippen molar-refractivity contribution in [3.63, 3.8) is 0 Å². The molecule has 4 nitrogen and oxygen atoms in total. The summed E-state index contributed by atoms with van der Waals surface area (Å²) in [5.74, 6) is 1.60. The fourth-order valence-corrected chi connectivity index (χ4v) is 3.94. The van der Waals surface area contributed by atoms with Gasteiger partial charge in [0.05, 0.1) is 0 Å². The number of benzene rings is 1. The van der Waals surface area contributed by atoms with Gasteiger partial charge in [-0.3, -0.25) is 4.79 Å². The number of rotatable bonds is 5. The number of hydrogen-bond acceptors (Lipinski definition) is 3. The van der Waals surface area contributed by atoms with E-state index in [9.17, 15) is 4.79 Å². The third-order valence-electron chi connectivity index (χ3n) is 5.19. The van der Waals surface area contributed by atoms with Gasteiger partial charge in [0.2, 0.25) is 11.4 Å². The predicted molar refractivity (Wildman–Crippen MR) is 111 cm³/mol. The van der Waals surface area contributed by atoms with Gasteiger partial charge in [-0.2, -0.15) is 0 Å². The van der Waals surface area contributed by atoms with Crippen LogP contribution in [0.15, 0.2) is 29.1 Å². The summed E-state index contributed by atoms with van der Waals surface area (Å²) in [4.78, 5) is 19.9. The highest BCUT2D eigenvalue weighted by Crippen LogP contribution is 2.35. The molecule has 142 valence electrons. The number of H-pyrrole nitrogens is 1. The van der Waals surface area contributed by atoms with Crippen LogP contribution < -0.4 is 10.3 Å². The van der Waals surface area contributed by atoms with Crippen molar-refractivity contribution in [1.29, 1.82) is 0 Å². The number of aryl methyl sites for hydroxylation is 4. The zero-order valence-corrected chi connectivity index (χ0v) is 17.1. The molecule has 0 spiro atoms. The van der Waals surface area contributed by atoms with Crippen LogP contribution in [0.25, 0.3) is 10.9 Å². The molecule has 0 amide bonds. The number of aromatic amines is 1. The van der Waals surface area contributed by atoms with Crippen LogP contribution in [-0.2, 0) is 0 Å². The van der Waals surface area contributed by atoms with E-state index in [2.05, 4.69) is 42.9 Å². The molecule has 1 aromatic carbocycles. The summed E-state index contributed by atoms with van der Waals surface area (Å²) in [7, 11) is 0. The van der Waals surface area contributed by atoms with Gasteiger partial charge in [0, 0.05) is 17.1 Å². The van der Waals surface area contributed by atoms with Gasteiger partial charge in [-0.1, -0.05) is 31.5 Å². The van der Waals surface area contributed by atoms with E-state index in [1.807, 2.05) is 26.8 Å². The maximum Gasteiger partial charge on any atom is 0.248 e. The molecule has 3 rings (SSSR count). The molecule has 0 radical (unpaired) electrons. The van der Waals surface area contributed by atoms with Gasteiger partial charge in [0.1, 0.15) is 11.3 Å². The number of hydrogen-bond donors (Lipinski definition) is 1. The first kappa shape index (κ1) is 19.2. The number of fused-ring (bicyclic) bond motifs is 1.